The topological polar surface area (TPSA) is 20.3 Å². The van der Waals surface area contributed by atoms with Crippen molar-refractivity contribution in [3.05, 3.63) is 0 Å². The molecule has 1 aliphatic heterocycles. The Morgan fingerprint density at radius 3 is 2.37 bits per heavy atom. The molecule has 2 heteroatoms. The fraction of sp³-hybridized carbons (Fsp3) is 0.941. The molecule has 2 nitrogen and oxygen atoms in total. The van der Waals surface area contributed by atoms with Crippen molar-refractivity contribution in [1.82, 2.24) is 4.90 Å². The third kappa shape index (κ3) is 6.56. The van der Waals surface area contributed by atoms with Crippen LogP contribution in [0.2, 0.25) is 0 Å². The Kier molecular flexibility index (Phi) is 8.36. The van der Waals surface area contributed by atoms with E-state index in [-0.39, 0.29) is 5.92 Å². The van der Waals surface area contributed by atoms with Gasteiger partial charge in [-0.2, -0.15) is 0 Å². The lowest BCUT2D eigenvalue weighted by Crippen LogP contribution is -2.38. The van der Waals surface area contributed by atoms with Crippen LogP contribution in [0.1, 0.15) is 72.1 Å². The van der Waals surface area contributed by atoms with E-state index in [0.717, 1.165) is 25.4 Å². The quantitative estimate of drug-likeness (QED) is 0.621. The Balaban J connectivity index is 2.19. The lowest BCUT2D eigenvalue weighted by Gasteiger charge is -2.32. The fourth-order valence-electron chi connectivity index (χ4n) is 2.97. The molecule has 0 amide bonds. The molecule has 1 aliphatic rings. The van der Waals surface area contributed by atoms with Crippen LogP contribution in [0.15, 0.2) is 0 Å². The Morgan fingerprint density at radius 2 is 1.79 bits per heavy atom. The molecule has 0 aromatic carbocycles. The summed E-state index contributed by atoms with van der Waals surface area (Å²) >= 11 is 0. The molecule has 0 bridgehead atoms. The molecule has 1 saturated heterocycles. The van der Waals surface area contributed by atoms with Gasteiger partial charge in [-0.3, -0.25) is 9.69 Å². The van der Waals surface area contributed by atoms with Gasteiger partial charge < -0.3 is 0 Å². The predicted molar refractivity (Wildman–Crippen MR) is 82.4 cm³/mol. The number of piperidine rings is 1. The highest BCUT2D eigenvalue weighted by molar-refractivity contribution is 5.82. The van der Waals surface area contributed by atoms with Gasteiger partial charge in [0.2, 0.25) is 0 Å². The molecule has 1 heterocycles. The molecule has 0 spiro atoms. The number of carbonyl (C=O) groups is 1. The fourth-order valence-corrected chi connectivity index (χ4v) is 2.97. The van der Waals surface area contributed by atoms with Gasteiger partial charge in [-0.15, -0.1) is 0 Å². The average Bonchev–Trinajstić information content (AvgIpc) is 2.43. The highest BCUT2D eigenvalue weighted by Crippen LogP contribution is 2.22. The van der Waals surface area contributed by atoms with Crippen LogP contribution in [0.4, 0.5) is 0 Å². The van der Waals surface area contributed by atoms with E-state index >= 15 is 0 Å². The molecule has 0 aromatic rings. The summed E-state index contributed by atoms with van der Waals surface area (Å²) in [6.07, 6.45) is 10.1. The van der Waals surface area contributed by atoms with E-state index < -0.39 is 0 Å². The minimum absolute atomic E-state index is 0.262. The van der Waals surface area contributed by atoms with Gasteiger partial charge in [0.1, 0.15) is 5.78 Å². The first kappa shape index (κ1) is 16.7. The van der Waals surface area contributed by atoms with Gasteiger partial charge >= 0.3 is 0 Å². The van der Waals surface area contributed by atoms with E-state index in [9.17, 15) is 4.79 Å². The first-order valence-electron chi connectivity index (χ1n) is 8.42. The molecule has 112 valence electrons. The second-order valence-electron chi connectivity index (χ2n) is 6.37. The standard InChI is InChI=1S/C17H33NO/c1-4-6-8-15(3)17(19)14-18-12-10-16(11-13-18)9-7-5-2/h15-16H,4-14H2,1-3H3. The van der Waals surface area contributed by atoms with Crippen molar-refractivity contribution < 1.29 is 4.79 Å². The first-order valence-corrected chi connectivity index (χ1v) is 8.42. The van der Waals surface area contributed by atoms with Crippen molar-refractivity contribution in [3.63, 3.8) is 0 Å². The first-order chi connectivity index (χ1) is 9.17. The summed E-state index contributed by atoms with van der Waals surface area (Å²) in [6.45, 7) is 9.54. The molecule has 1 rings (SSSR count). The van der Waals surface area contributed by atoms with Gasteiger partial charge in [0.25, 0.3) is 0 Å². The number of hydrogen-bond acceptors (Lipinski definition) is 2. The third-order valence-electron chi connectivity index (χ3n) is 4.59. The Bertz CT molecular complexity index is 244. The molecule has 0 saturated carbocycles. The highest BCUT2D eigenvalue weighted by atomic mass is 16.1. The van der Waals surface area contributed by atoms with Crippen LogP contribution < -0.4 is 0 Å². The van der Waals surface area contributed by atoms with Crippen molar-refractivity contribution in [2.24, 2.45) is 11.8 Å². The van der Waals surface area contributed by atoms with Crippen LogP contribution in [-0.4, -0.2) is 30.3 Å². The number of hydrogen-bond donors (Lipinski definition) is 0. The van der Waals surface area contributed by atoms with E-state index in [4.69, 9.17) is 0 Å². The van der Waals surface area contributed by atoms with Crippen molar-refractivity contribution in [3.8, 4) is 0 Å². The molecule has 1 fully saturated rings. The molecule has 0 radical (unpaired) electrons. The lowest BCUT2D eigenvalue weighted by molar-refractivity contribution is -0.124. The lowest BCUT2D eigenvalue weighted by atomic mass is 9.91. The van der Waals surface area contributed by atoms with Crippen molar-refractivity contribution in [2.45, 2.75) is 72.1 Å². The zero-order valence-corrected chi connectivity index (χ0v) is 13.3. The maximum Gasteiger partial charge on any atom is 0.149 e. The highest BCUT2D eigenvalue weighted by Gasteiger charge is 2.22. The summed E-state index contributed by atoms with van der Waals surface area (Å²) in [5, 5.41) is 0. The summed E-state index contributed by atoms with van der Waals surface area (Å²) in [6, 6.07) is 0. The summed E-state index contributed by atoms with van der Waals surface area (Å²) in [5.74, 6) is 1.64. The molecule has 0 aromatic heterocycles. The van der Waals surface area contributed by atoms with Crippen molar-refractivity contribution >= 4 is 5.78 Å². The molecule has 0 N–H and O–H groups in total. The smallest absolute Gasteiger partial charge is 0.149 e. The van der Waals surface area contributed by atoms with Gasteiger partial charge in [0.05, 0.1) is 6.54 Å². The molecule has 0 aliphatic carbocycles. The van der Waals surface area contributed by atoms with E-state index in [1.807, 2.05) is 0 Å². The zero-order valence-electron chi connectivity index (χ0n) is 13.3. The van der Waals surface area contributed by atoms with Crippen LogP contribution in [0, 0.1) is 11.8 Å². The van der Waals surface area contributed by atoms with E-state index in [2.05, 4.69) is 25.7 Å². The Labute approximate surface area is 119 Å². The van der Waals surface area contributed by atoms with Crippen LogP contribution in [0.3, 0.4) is 0 Å². The van der Waals surface area contributed by atoms with Crippen LogP contribution in [-0.2, 0) is 4.79 Å². The maximum absolute atomic E-state index is 12.1. The third-order valence-corrected chi connectivity index (χ3v) is 4.59. The Hall–Kier alpha value is -0.370. The molecule has 1 unspecified atom stereocenters. The number of unbranched alkanes of at least 4 members (excludes halogenated alkanes) is 2. The largest absolute Gasteiger partial charge is 0.298 e. The molecular formula is C17H33NO. The zero-order chi connectivity index (χ0) is 14.1. The second kappa shape index (κ2) is 9.52. The average molecular weight is 267 g/mol. The van der Waals surface area contributed by atoms with Crippen LogP contribution in [0.25, 0.3) is 0 Å². The van der Waals surface area contributed by atoms with Crippen LogP contribution in [0.5, 0.6) is 0 Å². The maximum atomic E-state index is 12.1. The summed E-state index contributed by atoms with van der Waals surface area (Å²) in [4.78, 5) is 14.5. The van der Waals surface area contributed by atoms with E-state index in [0.29, 0.717) is 12.3 Å². The summed E-state index contributed by atoms with van der Waals surface area (Å²) in [5.41, 5.74) is 0. The van der Waals surface area contributed by atoms with Crippen molar-refractivity contribution in [1.29, 1.82) is 0 Å². The number of rotatable bonds is 9. The van der Waals surface area contributed by atoms with Gasteiger partial charge in [0.15, 0.2) is 0 Å². The Morgan fingerprint density at radius 1 is 1.16 bits per heavy atom. The van der Waals surface area contributed by atoms with Gasteiger partial charge in [0, 0.05) is 5.92 Å². The van der Waals surface area contributed by atoms with Gasteiger partial charge in [-0.1, -0.05) is 52.9 Å². The minimum Gasteiger partial charge on any atom is -0.298 e. The number of nitrogens with zero attached hydrogens (tertiary/aromatic N) is 1. The van der Waals surface area contributed by atoms with E-state index in [1.54, 1.807) is 0 Å². The number of likely N-dealkylation sites (tertiary alicyclic amines) is 1. The monoisotopic (exact) mass is 267 g/mol. The van der Waals surface area contributed by atoms with Crippen LogP contribution >= 0.6 is 0 Å². The summed E-state index contributed by atoms with van der Waals surface area (Å²) in [7, 11) is 0. The predicted octanol–water partition coefficient (Wildman–Crippen LogP) is 4.28. The molecule has 1 atom stereocenters. The summed E-state index contributed by atoms with van der Waals surface area (Å²) < 4.78 is 0. The van der Waals surface area contributed by atoms with Gasteiger partial charge in [-0.05, 0) is 38.3 Å². The number of Topliss-reactive ketones (excluding diaryl/α,β-unsaturated/α-hetero) is 1. The number of ketones is 1. The SMILES string of the molecule is CCCCC1CCN(CC(=O)C(C)CCCC)CC1. The minimum atomic E-state index is 0.262. The van der Waals surface area contributed by atoms with E-state index in [1.165, 1.54) is 44.9 Å². The normalized spacial score (nSPS) is 19.5. The second-order valence-corrected chi connectivity index (χ2v) is 6.37. The van der Waals surface area contributed by atoms with Gasteiger partial charge in [-0.25, -0.2) is 0 Å². The van der Waals surface area contributed by atoms with Crippen molar-refractivity contribution in [2.75, 3.05) is 19.6 Å². The number of carbonyl (C=O) groups excluding carboxylic acids is 1. The molecule has 19 heavy (non-hydrogen) atoms. The molecular weight excluding hydrogens is 234 g/mol.